The number of methoxy groups -OCH3 is 1. The average Bonchev–Trinajstić information content (AvgIpc) is 2.41. The fourth-order valence-electron chi connectivity index (χ4n) is 1.49. The summed E-state index contributed by atoms with van der Waals surface area (Å²) in [5, 5.41) is 12.5. The maximum absolute atomic E-state index is 11.9. The highest BCUT2D eigenvalue weighted by Crippen LogP contribution is 2.17. The summed E-state index contributed by atoms with van der Waals surface area (Å²) in [7, 11) is 1.59. The third-order valence-corrected chi connectivity index (χ3v) is 2.72. The van der Waals surface area contributed by atoms with E-state index in [1.165, 1.54) is 6.21 Å². The van der Waals surface area contributed by atoms with Gasteiger partial charge in [-0.15, -0.1) is 0 Å². The van der Waals surface area contributed by atoms with Gasteiger partial charge in [0.2, 0.25) is 5.69 Å². The van der Waals surface area contributed by atoms with Crippen LogP contribution in [0.3, 0.4) is 0 Å². The molecule has 4 heteroatoms. The van der Waals surface area contributed by atoms with Gasteiger partial charge in [-0.2, -0.15) is 4.74 Å². The molecule has 2 aromatic rings. The molecule has 0 N–H and O–H groups in total. The molecule has 0 aliphatic carbocycles. The summed E-state index contributed by atoms with van der Waals surface area (Å²) in [6, 6.07) is 14.0. The summed E-state index contributed by atoms with van der Waals surface area (Å²) in [6.45, 7) is 0. The van der Waals surface area contributed by atoms with E-state index in [9.17, 15) is 5.21 Å². The summed E-state index contributed by atoms with van der Waals surface area (Å²) in [4.78, 5) is 0. The van der Waals surface area contributed by atoms with Crippen molar-refractivity contribution in [3.8, 4) is 5.75 Å². The first kappa shape index (κ1) is 12.5. The topological polar surface area (TPSA) is 35.3 Å². The molecule has 0 bridgehead atoms. The predicted octanol–water partition coefficient (Wildman–Crippen LogP) is 3.61. The number of benzene rings is 2. The van der Waals surface area contributed by atoms with E-state index in [-0.39, 0.29) is 0 Å². The number of nitrogens with zero attached hydrogens (tertiary/aromatic N) is 1. The van der Waals surface area contributed by atoms with Crippen LogP contribution in [0, 0.1) is 5.21 Å². The molecule has 2 rings (SSSR count). The highest BCUT2D eigenvalue weighted by Gasteiger charge is 2.02. The Morgan fingerprint density at radius 3 is 2.22 bits per heavy atom. The summed E-state index contributed by atoms with van der Waals surface area (Å²) in [6.07, 6.45) is 1.50. The maximum atomic E-state index is 11.9. The predicted molar refractivity (Wildman–Crippen MR) is 72.9 cm³/mol. The van der Waals surface area contributed by atoms with Crippen LogP contribution in [0.4, 0.5) is 5.69 Å². The highest BCUT2D eigenvalue weighted by atomic mass is 35.5. The Morgan fingerprint density at radius 2 is 1.67 bits per heavy atom. The standard InChI is InChI=1S/C14H12ClNO2/c1-18-14-8-6-13(7-9-14)16(17)10-11-2-4-12(15)5-3-11/h2-10H,1H3/b16-10-. The summed E-state index contributed by atoms with van der Waals surface area (Å²) in [5.41, 5.74) is 1.34. The maximum Gasteiger partial charge on any atom is 0.216 e. The molecule has 0 heterocycles. The van der Waals surface area contributed by atoms with Crippen LogP contribution in [0.15, 0.2) is 48.5 Å². The second kappa shape index (κ2) is 5.56. The fourth-order valence-corrected chi connectivity index (χ4v) is 1.61. The van der Waals surface area contributed by atoms with Gasteiger partial charge in [-0.1, -0.05) is 11.6 Å². The number of halogens is 1. The minimum atomic E-state index is 0.547. The van der Waals surface area contributed by atoms with Gasteiger partial charge >= 0.3 is 0 Å². The van der Waals surface area contributed by atoms with Crippen molar-refractivity contribution in [1.82, 2.24) is 0 Å². The Labute approximate surface area is 110 Å². The number of rotatable bonds is 3. The second-order valence-electron chi connectivity index (χ2n) is 3.70. The van der Waals surface area contributed by atoms with E-state index >= 15 is 0 Å². The highest BCUT2D eigenvalue weighted by molar-refractivity contribution is 6.30. The average molecular weight is 262 g/mol. The van der Waals surface area contributed by atoms with Crippen LogP contribution in [-0.4, -0.2) is 18.1 Å². The zero-order chi connectivity index (χ0) is 13.0. The van der Waals surface area contributed by atoms with Crippen molar-refractivity contribution in [3.05, 3.63) is 64.3 Å². The van der Waals surface area contributed by atoms with Gasteiger partial charge in [-0.3, -0.25) is 0 Å². The lowest BCUT2D eigenvalue weighted by atomic mass is 10.2. The second-order valence-corrected chi connectivity index (χ2v) is 4.14. The summed E-state index contributed by atoms with van der Waals surface area (Å²) < 4.78 is 5.84. The third-order valence-electron chi connectivity index (χ3n) is 2.46. The van der Waals surface area contributed by atoms with Crippen molar-refractivity contribution in [1.29, 1.82) is 0 Å². The molecule has 0 fully saturated rings. The van der Waals surface area contributed by atoms with E-state index in [0.717, 1.165) is 16.1 Å². The molecule has 0 saturated heterocycles. The molecule has 92 valence electrons. The number of hydrogen-bond acceptors (Lipinski definition) is 2. The first-order chi connectivity index (χ1) is 8.69. The quantitative estimate of drug-likeness (QED) is 0.366. The Kier molecular flexibility index (Phi) is 3.85. The molecule has 18 heavy (non-hydrogen) atoms. The van der Waals surface area contributed by atoms with Crippen molar-refractivity contribution in [2.24, 2.45) is 0 Å². The SMILES string of the molecule is COc1ccc(/[N+]([O-])=C/c2ccc(Cl)cc2)cc1. The van der Waals surface area contributed by atoms with Crippen LogP contribution in [0.25, 0.3) is 0 Å². The normalized spacial score (nSPS) is 11.3. The van der Waals surface area contributed by atoms with E-state index in [0.29, 0.717) is 10.7 Å². The van der Waals surface area contributed by atoms with E-state index in [2.05, 4.69) is 0 Å². The Hall–Kier alpha value is -2.00. The minimum Gasteiger partial charge on any atom is -0.618 e. The van der Waals surface area contributed by atoms with Gasteiger partial charge < -0.3 is 9.94 Å². The molecule has 3 nitrogen and oxygen atoms in total. The molecule has 0 spiro atoms. The molecule has 0 amide bonds. The van der Waals surface area contributed by atoms with Crippen molar-refractivity contribution < 1.29 is 9.48 Å². The van der Waals surface area contributed by atoms with Gasteiger partial charge in [0, 0.05) is 22.7 Å². The zero-order valence-corrected chi connectivity index (χ0v) is 10.6. The summed E-state index contributed by atoms with van der Waals surface area (Å²) >= 11 is 5.78. The van der Waals surface area contributed by atoms with Crippen molar-refractivity contribution in [2.45, 2.75) is 0 Å². The van der Waals surface area contributed by atoms with E-state index in [1.54, 1.807) is 55.6 Å². The molecule has 0 aromatic heterocycles. The van der Waals surface area contributed by atoms with Gasteiger partial charge in [0.15, 0.2) is 6.21 Å². The Balaban J connectivity index is 2.23. The molecule has 0 unspecified atom stereocenters. The first-order valence-corrected chi connectivity index (χ1v) is 5.78. The molecular weight excluding hydrogens is 250 g/mol. The molecule has 0 radical (unpaired) electrons. The molecular formula is C14H12ClNO2. The van der Waals surface area contributed by atoms with E-state index in [1.807, 2.05) is 0 Å². The van der Waals surface area contributed by atoms with Crippen LogP contribution in [0.5, 0.6) is 5.75 Å². The first-order valence-electron chi connectivity index (χ1n) is 5.40. The van der Waals surface area contributed by atoms with Gasteiger partial charge in [0.25, 0.3) is 0 Å². The lowest BCUT2D eigenvalue weighted by Gasteiger charge is -2.04. The van der Waals surface area contributed by atoms with Crippen molar-refractivity contribution in [3.63, 3.8) is 0 Å². The molecule has 0 aliphatic heterocycles. The van der Waals surface area contributed by atoms with Crippen LogP contribution in [0.1, 0.15) is 5.56 Å². The third kappa shape index (κ3) is 3.02. The summed E-state index contributed by atoms with van der Waals surface area (Å²) in [5.74, 6) is 0.721. The van der Waals surface area contributed by atoms with Crippen LogP contribution >= 0.6 is 11.6 Å². The fraction of sp³-hybridized carbons (Fsp3) is 0.0714. The number of ether oxygens (including phenoxy) is 1. The van der Waals surface area contributed by atoms with Crippen molar-refractivity contribution >= 4 is 23.5 Å². The van der Waals surface area contributed by atoms with Gasteiger partial charge in [-0.25, -0.2) is 0 Å². The largest absolute Gasteiger partial charge is 0.618 e. The van der Waals surface area contributed by atoms with Gasteiger partial charge in [-0.05, 0) is 36.4 Å². The van der Waals surface area contributed by atoms with Crippen LogP contribution in [0.2, 0.25) is 5.02 Å². The Bertz CT molecular complexity index is 547. The van der Waals surface area contributed by atoms with Crippen molar-refractivity contribution in [2.75, 3.05) is 7.11 Å². The van der Waals surface area contributed by atoms with Crippen LogP contribution < -0.4 is 4.74 Å². The zero-order valence-electron chi connectivity index (χ0n) is 9.84. The van der Waals surface area contributed by atoms with E-state index in [4.69, 9.17) is 16.3 Å². The minimum absolute atomic E-state index is 0.547. The lowest BCUT2D eigenvalue weighted by Crippen LogP contribution is -1.98. The lowest BCUT2D eigenvalue weighted by molar-refractivity contribution is -0.354. The Morgan fingerprint density at radius 1 is 1.06 bits per heavy atom. The van der Waals surface area contributed by atoms with E-state index < -0.39 is 0 Å². The smallest absolute Gasteiger partial charge is 0.216 e. The van der Waals surface area contributed by atoms with Gasteiger partial charge in [0.05, 0.1) is 7.11 Å². The molecule has 2 aromatic carbocycles. The molecule has 0 saturated carbocycles. The molecule has 0 aliphatic rings. The monoisotopic (exact) mass is 261 g/mol. The molecule has 0 atom stereocenters. The number of hydrogen-bond donors (Lipinski definition) is 0. The van der Waals surface area contributed by atoms with Gasteiger partial charge in [0.1, 0.15) is 5.75 Å². The van der Waals surface area contributed by atoms with Crippen LogP contribution in [-0.2, 0) is 0 Å².